The fourth-order valence-electron chi connectivity index (χ4n) is 3.21. The van der Waals surface area contributed by atoms with Crippen molar-refractivity contribution < 1.29 is 18.4 Å². The fourth-order valence-corrected chi connectivity index (χ4v) is 3.21. The average Bonchev–Trinajstić information content (AvgIpc) is 3.16. The second-order valence-corrected chi connectivity index (χ2v) is 7.14. The maximum atomic E-state index is 13.7. The van der Waals surface area contributed by atoms with E-state index in [1.165, 1.54) is 36.8 Å². The van der Waals surface area contributed by atoms with Gasteiger partial charge in [-0.1, -0.05) is 13.8 Å². The van der Waals surface area contributed by atoms with Crippen molar-refractivity contribution in [1.82, 2.24) is 9.80 Å². The third-order valence-corrected chi connectivity index (χ3v) is 4.53. The Morgan fingerprint density at radius 1 is 1.19 bits per heavy atom. The molecule has 6 nitrogen and oxygen atoms in total. The Bertz CT molecular complexity index is 797. The van der Waals surface area contributed by atoms with Gasteiger partial charge >= 0.3 is 0 Å². The topological polar surface area (TPSA) is 65.8 Å². The Kier molecular flexibility index (Phi) is 5.91. The van der Waals surface area contributed by atoms with Crippen LogP contribution in [-0.4, -0.2) is 54.3 Å². The quantitative estimate of drug-likeness (QED) is 0.875. The van der Waals surface area contributed by atoms with Crippen molar-refractivity contribution in [3.05, 3.63) is 53.7 Å². The lowest BCUT2D eigenvalue weighted by Crippen LogP contribution is -2.49. The summed E-state index contributed by atoms with van der Waals surface area (Å²) >= 11 is 0. The van der Waals surface area contributed by atoms with E-state index >= 15 is 0 Å². The highest BCUT2D eigenvalue weighted by molar-refractivity contribution is 6.08. The fraction of sp³-hybridized carbons (Fsp3) is 0.400. The second kappa shape index (κ2) is 8.35. The van der Waals surface area contributed by atoms with Gasteiger partial charge in [-0.15, -0.1) is 0 Å². The Labute approximate surface area is 157 Å². The molecule has 1 aromatic heterocycles. The number of rotatable bonds is 5. The second-order valence-electron chi connectivity index (χ2n) is 7.14. The molecule has 2 aromatic rings. The van der Waals surface area contributed by atoms with Crippen LogP contribution >= 0.6 is 0 Å². The summed E-state index contributed by atoms with van der Waals surface area (Å²) in [5, 5.41) is 2.61. The van der Waals surface area contributed by atoms with Gasteiger partial charge in [0.2, 0.25) is 0 Å². The van der Waals surface area contributed by atoms with Crippen molar-refractivity contribution in [1.29, 1.82) is 0 Å². The first kappa shape index (κ1) is 19.1. The molecule has 0 aliphatic carbocycles. The summed E-state index contributed by atoms with van der Waals surface area (Å²) in [5.41, 5.74) is 0.751. The standard InChI is InChI=1S/C20H24FN3O3/c1-14(2)12-23-6-8-24(9-7-23)20(26)17-4-3-16(21)11-18(17)22-19(25)15-5-10-27-13-15/h3-5,10-11,13-14H,6-9,12H2,1-2H3,(H,22,25). The molecular formula is C20H24FN3O3. The zero-order valence-electron chi connectivity index (χ0n) is 15.6. The zero-order valence-corrected chi connectivity index (χ0v) is 15.6. The Morgan fingerprint density at radius 3 is 2.56 bits per heavy atom. The molecule has 0 saturated carbocycles. The summed E-state index contributed by atoms with van der Waals surface area (Å²) in [6.07, 6.45) is 2.67. The molecule has 27 heavy (non-hydrogen) atoms. The minimum Gasteiger partial charge on any atom is -0.472 e. The van der Waals surface area contributed by atoms with Crippen LogP contribution in [0.5, 0.6) is 0 Å². The number of halogens is 1. The summed E-state index contributed by atoms with van der Waals surface area (Å²) in [6, 6.07) is 5.32. The minimum absolute atomic E-state index is 0.163. The minimum atomic E-state index is -0.518. The number of nitrogens with one attached hydrogen (secondary N) is 1. The molecule has 1 N–H and O–H groups in total. The van der Waals surface area contributed by atoms with Crippen LogP contribution in [0.4, 0.5) is 10.1 Å². The van der Waals surface area contributed by atoms with E-state index in [2.05, 4.69) is 24.1 Å². The SMILES string of the molecule is CC(C)CN1CCN(C(=O)c2ccc(F)cc2NC(=O)c2ccoc2)CC1. The summed E-state index contributed by atoms with van der Waals surface area (Å²) in [7, 11) is 0. The van der Waals surface area contributed by atoms with Crippen LogP contribution in [0.3, 0.4) is 0 Å². The van der Waals surface area contributed by atoms with Gasteiger partial charge in [-0.25, -0.2) is 4.39 Å². The molecule has 1 aliphatic rings. The highest BCUT2D eigenvalue weighted by atomic mass is 19.1. The molecule has 0 bridgehead atoms. The third kappa shape index (κ3) is 4.74. The van der Waals surface area contributed by atoms with E-state index in [0.29, 0.717) is 24.6 Å². The van der Waals surface area contributed by atoms with Crippen molar-refractivity contribution >= 4 is 17.5 Å². The van der Waals surface area contributed by atoms with Crippen LogP contribution < -0.4 is 5.32 Å². The molecule has 0 radical (unpaired) electrons. The molecule has 3 rings (SSSR count). The molecule has 7 heteroatoms. The first-order valence-electron chi connectivity index (χ1n) is 9.09. The molecule has 1 saturated heterocycles. The van der Waals surface area contributed by atoms with Crippen molar-refractivity contribution in [2.24, 2.45) is 5.92 Å². The van der Waals surface area contributed by atoms with Gasteiger partial charge in [-0.05, 0) is 30.2 Å². The smallest absolute Gasteiger partial charge is 0.258 e. The van der Waals surface area contributed by atoms with Crippen molar-refractivity contribution in [2.45, 2.75) is 13.8 Å². The number of piperazine rings is 1. The first-order valence-corrected chi connectivity index (χ1v) is 9.09. The zero-order chi connectivity index (χ0) is 19.4. The lowest BCUT2D eigenvalue weighted by atomic mass is 10.1. The third-order valence-electron chi connectivity index (χ3n) is 4.53. The molecule has 1 aliphatic heterocycles. The van der Waals surface area contributed by atoms with E-state index < -0.39 is 11.7 Å². The van der Waals surface area contributed by atoms with Crippen molar-refractivity contribution in [3.8, 4) is 0 Å². The predicted molar refractivity (Wildman–Crippen MR) is 100 cm³/mol. The van der Waals surface area contributed by atoms with Crippen LogP contribution in [0.15, 0.2) is 41.2 Å². The lowest BCUT2D eigenvalue weighted by molar-refractivity contribution is 0.0625. The van der Waals surface area contributed by atoms with Crippen LogP contribution in [0, 0.1) is 11.7 Å². The van der Waals surface area contributed by atoms with Gasteiger partial charge < -0.3 is 14.6 Å². The molecule has 144 valence electrons. The van der Waals surface area contributed by atoms with Gasteiger partial charge in [0.1, 0.15) is 12.1 Å². The lowest BCUT2D eigenvalue weighted by Gasteiger charge is -2.35. The number of hydrogen-bond acceptors (Lipinski definition) is 4. The number of carbonyl (C=O) groups excluding carboxylic acids is 2. The molecule has 0 unspecified atom stereocenters. The summed E-state index contributed by atoms with van der Waals surface area (Å²) in [5.74, 6) is -0.600. The average molecular weight is 373 g/mol. The van der Waals surface area contributed by atoms with Gasteiger partial charge in [-0.2, -0.15) is 0 Å². The van der Waals surface area contributed by atoms with Crippen LogP contribution in [0.2, 0.25) is 0 Å². The van der Waals surface area contributed by atoms with E-state index in [0.717, 1.165) is 19.6 Å². The van der Waals surface area contributed by atoms with Gasteiger partial charge in [0, 0.05) is 32.7 Å². The normalized spacial score (nSPS) is 15.2. The predicted octanol–water partition coefficient (Wildman–Crippen LogP) is 3.08. The Morgan fingerprint density at radius 2 is 1.93 bits per heavy atom. The highest BCUT2D eigenvalue weighted by Crippen LogP contribution is 2.21. The number of nitrogens with zero attached hydrogens (tertiary/aromatic N) is 2. The first-order chi connectivity index (χ1) is 12.9. The maximum Gasteiger partial charge on any atom is 0.258 e. The molecular weight excluding hydrogens is 349 g/mol. The van der Waals surface area contributed by atoms with Crippen LogP contribution in [0.1, 0.15) is 34.6 Å². The summed E-state index contributed by atoms with van der Waals surface area (Å²) in [6.45, 7) is 8.18. The number of carbonyl (C=O) groups is 2. The summed E-state index contributed by atoms with van der Waals surface area (Å²) < 4.78 is 18.6. The van der Waals surface area contributed by atoms with Crippen LogP contribution in [0.25, 0.3) is 0 Å². The van der Waals surface area contributed by atoms with Gasteiger partial charge in [0.15, 0.2) is 0 Å². The molecule has 2 amide bonds. The van der Waals surface area contributed by atoms with Crippen LogP contribution in [-0.2, 0) is 0 Å². The number of hydrogen-bond donors (Lipinski definition) is 1. The summed E-state index contributed by atoms with van der Waals surface area (Å²) in [4.78, 5) is 29.3. The molecule has 0 spiro atoms. The highest BCUT2D eigenvalue weighted by Gasteiger charge is 2.25. The Hall–Kier alpha value is -2.67. The molecule has 0 atom stereocenters. The van der Waals surface area contributed by atoms with E-state index in [9.17, 15) is 14.0 Å². The maximum absolute atomic E-state index is 13.7. The number of amides is 2. The van der Waals surface area contributed by atoms with Gasteiger partial charge in [-0.3, -0.25) is 14.5 Å². The molecule has 2 heterocycles. The van der Waals surface area contributed by atoms with Gasteiger partial charge in [0.05, 0.1) is 23.1 Å². The van der Waals surface area contributed by atoms with E-state index in [-0.39, 0.29) is 17.2 Å². The van der Waals surface area contributed by atoms with Gasteiger partial charge in [0.25, 0.3) is 11.8 Å². The van der Waals surface area contributed by atoms with E-state index in [1.807, 2.05) is 0 Å². The number of benzene rings is 1. The number of anilines is 1. The van der Waals surface area contributed by atoms with E-state index in [1.54, 1.807) is 4.90 Å². The Balaban J connectivity index is 1.72. The molecule has 1 aromatic carbocycles. The van der Waals surface area contributed by atoms with Crippen molar-refractivity contribution in [3.63, 3.8) is 0 Å². The monoisotopic (exact) mass is 373 g/mol. The largest absolute Gasteiger partial charge is 0.472 e. The molecule has 1 fully saturated rings. The van der Waals surface area contributed by atoms with Crippen molar-refractivity contribution in [2.75, 3.05) is 38.0 Å². The number of furan rings is 1. The van der Waals surface area contributed by atoms with E-state index in [4.69, 9.17) is 4.42 Å².